The average molecular weight is 354 g/mol. The fourth-order valence-electron chi connectivity index (χ4n) is 3.75. The van der Waals surface area contributed by atoms with E-state index in [-0.39, 0.29) is 17.9 Å². The number of fused-ring (bicyclic) bond motifs is 2. The Kier molecular flexibility index (Phi) is 3.81. The molecule has 1 fully saturated rings. The minimum atomic E-state index is 0.194. The number of amides is 1. The molecule has 0 bridgehead atoms. The monoisotopic (exact) mass is 354 g/mol. The Morgan fingerprint density at radius 1 is 1.27 bits per heavy atom. The van der Waals surface area contributed by atoms with Crippen molar-refractivity contribution < 1.29 is 14.3 Å². The van der Waals surface area contributed by atoms with Crippen molar-refractivity contribution in [3.8, 4) is 11.5 Å². The highest BCUT2D eigenvalue weighted by atomic mass is 16.7. The van der Waals surface area contributed by atoms with Gasteiger partial charge in [0.05, 0.1) is 18.1 Å². The van der Waals surface area contributed by atoms with E-state index in [1.165, 1.54) is 11.3 Å². The van der Waals surface area contributed by atoms with Crippen LogP contribution in [-0.2, 0) is 17.9 Å². The molecule has 1 aromatic carbocycles. The second-order valence-electron chi connectivity index (χ2n) is 7.32. The molecule has 3 heterocycles. The Morgan fingerprint density at radius 2 is 2.15 bits per heavy atom. The van der Waals surface area contributed by atoms with Crippen LogP contribution in [0.3, 0.4) is 0 Å². The van der Waals surface area contributed by atoms with Crippen molar-refractivity contribution >= 4 is 5.91 Å². The van der Waals surface area contributed by atoms with E-state index in [0.29, 0.717) is 13.3 Å². The van der Waals surface area contributed by atoms with Crippen molar-refractivity contribution in [3.05, 3.63) is 42.0 Å². The number of benzene rings is 1. The second-order valence-corrected chi connectivity index (χ2v) is 7.32. The third kappa shape index (κ3) is 3.03. The van der Waals surface area contributed by atoms with E-state index in [9.17, 15) is 4.79 Å². The van der Waals surface area contributed by atoms with Crippen LogP contribution in [0.4, 0.5) is 0 Å². The minimum absolute atomic E-state index is 0.194. The van der Waals surface area contributed by atoms with Crippen LogP contribution >= 0.6 is 0 Å². The molecule has 2 aliphatic heterocycles. The van der Waals surface area contributed by atoms with E-state index in [0.717, 1.165) is 44.0 Å². The number of nitrogens with one attached hydrogen (secondary N) is 1. The van der Waals surface area contributed by atoms with Crippen LogP contribution < -0.4 is 14.8 Å². The molecule has 26 heavy (non-hydrogen) atoms. The lowest BCUT2D eigenvalue weighted by Crippen LogP contribution is -2.42. The predicted molar refractivity (Wildman–Crippen MR) is 93.7 cm³/mol. The maximum absolute atomic E-state index is 12.0. The van der Waals surface area contributed by atoms with E-state index in [2.05, 4.69) is 31.9 Å². The first-order chi connectivity index (χ1) is 12.8. The van der Waals surface area contributed by atoms with Gasteiger partial charge >= 0.3 is 0 Å². The first-order valence-corrected chi connectivity index (χ1v) is 9.15. The number of carbonyl (C=O) groups is 1. The van der Waals surface area contributed by atoms with Gasteiger partial charge in [-0.05, 0) is 30.5 Å². The van der Waals surface area contributed by atoms with Gasteiger partial charge in [-0.2, -0.15) is 0 Å². The summed E-state index contributed by atoms with van der Waals surface area (Å²) in [6.45, 7) is 3.50. The average Bonchev–Trinajstić information content (AvgIpc) is 3.21. The number of carbonyl (C=O) groups excluding carboxylic acids is 1. The smallest absolute Gasteiger partial charge is 0.231 e. The van der Waals surface area contributed by atoms with E-state index in [1.54, 1.807) is 0 Å². The fourth-order valence-corrected chi connectivity index (χ4v) is 3.75. The van der Waals surface area contributed by atoms with Gasteiger partial charge in [0.25, 0.3) is 0 Å². The van der Waals surface area contributed by atoms with Crippen LogP contribution in [-0.4, -0.2) is 40.2 Å². The molecule has 1 aliphatic carbocycles. The second kappa shape index (κ2) is 6.32. The molecule has 7 heteroatoms. The molecule has 5 rings (SSSR count). The molecule has 1 aromatic heterocycles. The number of imidazole rings is 1. The first kappa shape index (κ1) is 15.7. The zero-order valence-corrected chi connectivity index (χ0v) is 14.6. The summed E-state index contributed by atoms with van der Waals surface area (Å²) in [6.07, 6.45) is 5.86. The normalized spacial score (nSPS) is 21.5. The number of nitrogens with zero attached hydrogens (tertiary/aromatic N) is 3. The van der Waals surface area contributed by atoms with Crippen molar-refractivity contribution in [3.63, 3.8) is 0 Å². The van der Waals surface area contributed by atoms with Crippen LogP contribution in [0, 0.1) is 5.92 Å². The molecule has 2 aromatic rings. The number of ether oxygens (including phenoxy) is 2. The summed E-state index contributed by atoms with van der Waals surface area (Å²) in [5, 5.41) is 3.11. The highest BCUT2D eigenvalue weighted by Gasteiger charge is 2.31. The van der Waals surface area contributed by atoms with Crippen molar-refractivity contribution in [1.29, 1.82) is 0 Å². The minimum Gasteiger partial charge on any atom is -0.454 e. The van der Waals surface area contributed by atoms with Gasteiger partial charge in [-0.25, -0.2) is 4.98 Å². The van der Waals surface area contributed by atoms with Crippen LogP contribution in [0.25, 0.3) is 0 Å². The molecule has 1 amide bonds. The summed E-state index contributed by atoms with van der Waals surface area (Å²) in [5.41, 5.74) is 2.38. The summed E-state index contributed by atoms with van der Waals surface area (Å²) in [6, 6.07) is 6.32. The molecule has 0 radical (unpaired) electrons. The Morgan fingerprint density at radius 3 is 3.04 bits per heavy atom. The molecule has 1 saturated carbocycles. The number of aromatic nitrogens is 2. The third-order valence-electron chi connectivity index (χ3n) is 5.30. The fraction of sp³-hybridized carbons (Fsp3) is 0.474. The van der Waals surface area contributed by atoms with Gasteiger partial charge in [-0.1, -0.05) is 6.07 Å². The standard InChI is InChI=1S/C19H22N4O3/c24-19(14-2-3-14)21-7-16-10-22(9-15-6-20-11-23(15)16)8-13-1-4-17-18(5-13)26-12-25-17/h1,4-6,11,14,16H,2-3,7-10,12H2,(H,21,24)/t16-/m0/s1. The van der Waals surface area contributed by atoms with E-state index in [4.69, 9.17) is 9.47 Å². The van der Waals surface area contributed by atoms with Gasteiger partial charge in [0.2, 0.25) is 12.7 Å². The Labute approximate surface area is 151 Å². The molecular weight excluding hydrogens is 332 g/mol. The summed E-state index contributed by atoms with van der Waals surface area (Å²) < 4.78 is 13.1. The summed E-state index contributed by atoms with van der Waals surface area (Å²) in [4.78, 5) is 18.7. The van der Waals surface area contributed by atoms with Gasteiger partial charge in [-0.15, -0.1) is 0 Å². The lowest BCUT2D eigenvalue weighted by Gasteiger charge is -2.34. The predicted octanol–water partition coefficient (Wildman–Crippen LogP) is 1.69. The van der Waals surface area contributed by atoms with Gasteiger partial charge in [0.15, 0.2) is 11.5 Å². The molecule has 1 N–H and O–H groups in total. The molecule has 0 saturated heterocycles. The van der Waals surface area contributed by atoms with Crippen molar-refractivity contribution in [2.24, 2.45) is 5.92 Å². The molecule has 1 atom stereocenters. The van der Waals surface area contributed by atoms with Gasteiger partial charge < -0.3 is 19.4 Å². The number of rotatable bonds is 5. The van der Waals surface area contributed by atoms with Crippen molar-refractivity contribution in [2.45, 2.75) is 32.0 Å². The maximum Gasteiger partial charge on any atom is 0.231 e. The lowest BCUT2D eigenvalue weighted by molar-refractivity contribution is -0.122. The zero-order chi connectivity index (χ0) is 17.5. The summed E-state index contributed by atoms with van der Waals surface area (Å²) in [7, 11) is 0. The van der Waals surface area contributed by atoms with Gasteiger partial charge in [0.1, 0.15) is 0 Å². The number of hydrogen-bond donors (Lipinski definition) is 1. The largest absolute Gasteiger partial charge is 0.454 e. The topological polar surface area (TPSA) is 68.6 Å². The van der Waals surface area contributed by atoms with Crippen LogP contribution in [0.1, 0.15) is 30.1 Å². The summed E-state index contributed by atoms with van der Waals surface area (Å²) >= 11 is 0. The van der Waals surface area contributed by atoms with E-state index < -0.39 is 0 Å². The zero-order valence-electron chi connectivity index (χ0n) is 14.6. The number of hydrogen-bond acceptors (Lipinski definition) is 5. The Bertz CT molecular complexity index is 830. The summed E-state index contributed by atoms with van der Waals surface area (Å²) in [5.74, 6) is 2.06. The lowest BCUT2D eigenvalue weighted by atomic mass is 10.1. The van der Waals surface area contributed by atoms with E-state index >= 15 is 0 Å². The van der Waals surface area contributed by atoms with E-state index in [1.807, 2.05) is 18.6 Å². The third-order valence-corrected chi connectivity index (χ3v) is 5.30. The Hall–Kier alpha value is -2.54. The van der Waals surface area contributed by atoms with Crippen molar-refractivity contribution in [2.75, 3.05) is 19.9 Å². The van der Waals surface area contributed by atoms with Crippen LogP contribution in [0.15, 0.2) is 30.7 Å². The molecule has 0 unspecified atom stereocenters. The molecule has 0 spiro atoms. The van der Waals surface area contributed by atoms with Crippen LogP contribution in [0.2, 0.25) is 0 Å². The quantitative estimate of drug-likeness (QED) is 0.885. The van der Waals surface area contributed by atoms with Crippen LogP contribution in [0.5, 0.6) is 11.5 Å². The highest BCUT2D eigenvalue weighted by Crippen LogP contribution is 2.33. The van der Waals surface area contributed by atoms with Gasteiger partial charge in [0, 0.05) is 38.3 Å². The van der Waals surface area contributed by atoms with Gasteiger partial charge in [-0.3, -0.25) is 9.69 Å². The SMILES string of the molecule is O=C(NC[C@H]1CN(Cc2ccc3c(c2)OCO3)Cc2cncn21)C1CC1. The maximum atomic E-state index is 12.0. The Balaban J connectivity index is 1.28. The highest BCUT2D eigenvalue weighted by molar-refractivity contribution is 5.80. The molecule has 136 valence electrons. The molecule has 3 aliphatic rings. The van der Waals surface area contributed by atoms with Crippen molar-refractivity contribution in [1.82, 2.24) is 19.8 Å². The molecule has 7 nitrogen and oxygen atoms in total. The first-order valence-electron chi connectivity index (χ1n) is 9.15. The molecular formula is C19H22N4O3.